The zero-order chi connectivity index (χ0) is 15.1. The molecule has 112 valence electrons. The van der Waals surface area contributed by atoms with Crippen molar-refractivity contribution in [1.29, 1.82) is 0 Å². The fraction of sp³-hybridized carbons (Fsp3) is 0.263. The molecule has 4 rings (SSSR count). The molecular weight excluding hydrogens is 292 g/mol. The van der Waals surface area contributed by atoms with Gasteiger partial charge in [-0.15, -0.1) is 0 Å². The quantitative estimate of drug-likeness (QED) is 0.578. The molecule has 0 spiro atoms. The number of rotatable bonds is 2. The molecule has 1 unspecified atom stereocenters. The molecule has 0 bridgehead atoms. The maximum atomic E-state index is 11.0. The fourth-order valence-corrected chi connectivity index (χ4v) is 4.54. The van der Waals surface area contributed by atoms with Crippen LogP contribution in [0.1, 0.15) is 17.5 Å². The summed E-state index contributed by atoms with van der Waals surface area (Å²) in [5.74, 6) is 0.608. The molecule has 3 aromatic rings. The monoisotopic (exact) mass is 310 g/mol. The molecule has 1 aliphatic rings. The molecule has 0 heterocycles. The van der Waals surface area contributed by atoms with Crippen LogP contribution in [-0.4, -0.2) is 14.2 Å². The van der Waals surface area contributed by atoms with Crippen LogP contribution < -0.4 is 0 Å². The summed E-state index contributed by atoms with van der Waals surface area (Å²) in [6, 6.07) is 17.3. The third kappa shape index (κ3) is 2.30. The van der Waals surface area contributed by atoms with Gasteiger partial charge < -0.3 is 0 Å². The standard InChI is InChI=1S/C19H18O2S/c20-22(21)12-13-5-8-17-15(11-13)7-10-18-16-4-2-1-3-14(16)6-9-19(17)18/h1-4,6-7,9-10,13,22H,5,8,11-12H2. The van der Waals surface area contributed by atoms with Crippen molar-refractivity contribution >= 4 is 32.2 Å². The van der Waals surface area contributed by atoms with E-state index >= 15 is 0 Å². The number of hydrogen-bond acceptors (Lipinski definition) is 2. The molecule has 1 atom stereocenters. The van der Waals surface area contributed by atoms with E-state index in [4.69, 9.17) is 0 Å². The minimum absolute atomic E-state index is 0.284. The van der Waals surface area contributed by atoms with Crippen LogP contribution in [0, 0.1) is 5.92 Å². The molecular formula is C19H18O2S. The number of thiol groups is 1. The van der Waals surface area contributed by atoms with Crippen LogP contribution in [-0.2, 0) is 23.5 Å². The second-order valence-corrected chi connectivity index (χ2v) is 7.24. The summed E-state index contributed by atoms with van der Waals surface area (Å²) in [7, 11) is -2.27. The fourth-order valence-electron chi connectivity index (χ4n) is 3.81. The van der Waals surface area contributed by atoms with Gasteiger partial charge in [0.05, 0.1) is 5.75 Å². The average molecular weight is 310 g/mol. The van der Waals surface area contributed by atoms with Gasteiger partial charge in [0.1, 0.15) is 10.7 Å². The van der Waals surface area contributed by atoms with Gasteiger partial charge in [-0.2, -0.15) is 0 Å². The van der Waals surface area contributed by atoms with Crippen molar-refractivity contribution in [3.05, 3.63) is 59.7 Å². The van der Waals surface area contributed by atoms with E-state index < -0.39 is 10.7 Å². The Morgan fingerprint density at radius 1 is 0.909 bits per heavy atom. The number of benzene rings is 3. The van der Waals surface area contributed by atoms with Crippen molar-refractivity contribution < 1.29 is 8.42 Å². The van der Waals surface area contributed by atoms with Crippen LogP contribution in [0.4, 0.5) is 0 Å². The highest BCUT2D eigenvalue weighted by atomic mass is 32.2. The number of fused-ring (bicyclic) bond motifs is 5. The van der Waals surface area contributed by atoms with Gasteiger partial charge in [-0.3, -0.25) is 0 Å². The zero-order valence-corrected chi connectivity index (χ0v) is 13.2. The van der Waals surface area contributed by atoms with Gasteiger partial charge in [0.25, 0.3) is 0 Å². The molecule has 22 heavy (non-hydrogen) atoms. The van der Waals surface area contributed by atoms with E-state index in [0.29, 0.717) is 5.75 Å². The Morgan fingerprint density at radius 2 is 1.73 bits per heavy atom. The molecule has 0 fully saturated rings. The minimum atomic E-state index is -2.27. The molecule has 0 amide bonds. The van der Waals surface area contributed by atoms with Gasteiger partial charge in [-0.1, -0.05) is 48.5 Å². The third-order valence-electron chi connectivity index (χ3n) is 4.85. The summed E-state index contributed by atoms with van der Waals surface area (Å²) < 4.78 is 22.0. The van der Waals surface area contributed by atoms with Gasteiger partial charge in [0, 0.05) is 0 Å². The van der Waals surface area contributed by atoms with Crippen molar-refractivity contribution in [3.8, 4) is 0 Å². The molecule has 3 heteroatoms. The van der Waals surface area contributed by atoms with Crippen molar-refractivity contribution in [3.63, 3.8) is 0 Å². The van der Waals surface area contributed by atoms with Gasteiger partial charge >= 0.3 is 0 Å². The van der Waals surface area contributed by atoms with Crippen LogP contribution in [0.5, 0.6) is 0 Å². The first-order valence-corrected chi connectivity index (χ1v) is 9.12. The molecule has 1 aliphatic carbocycles. The predicted molar refractivity (Wildman–Crippen MR) is 92.2 cm³/mol. The van der Waals surface area contributed by atoms with Crippen molar-refractivity contribution in [2.24, 2.45) is 5.92 Å². The lowest BCUT2D eigenvalue weighted by Gasteiger charge is -2.24. The molecule has 0 saturated heterocycles. The maximum Gasteiger partial charge on any atom is 0.140 e. The molecule has 0 aromatic heterocycles. The highest BCUT2D eigenvalue weighted by Crippen LogP contribution is 2.34. The van der Waals surface area contributed by atoms with E-state index in [-0.39, 0.29) is 5.92 Å². The lowest BCUT2D eigenvalue weighted by Crippen LogP contribution is -2.18. The Morgan fingerprint density at radius 3 is 2.59 bits per heavy atom. The van der Waals surface area contributed by atoms with Crippen molar-refractivity contribution in [2.45, 2.75) is 19.3 Å². The predicted octanol–water partition coefficient (Wildman–Crippen LogP) is 3.71. The summed E-state index contributed by atoms with van der Waals surface area (Å²) in [5, 5.41) is 5.21. The molecule has 0 N–H and O–H groups in total. The summed E-state index contributed by atoms with van der Waals surface area (Å²) in [4.78, 5) is 0. The summed E-state index contributed by atoms with van der Waals surface area (Å²) >= 11 is 0. The average Bonchev–Trinajstić information content (AvgIpc) is 2.53. The van der Waals surface area contributed by atoms with Crippen LogP contribution >= 0.6 is 0 Å². The van der Waals surface area contributed by atoms with Crippen molar-refractivity contribution in [2.75, 3.05) is 5.75 Å². The first-order valence-electron chi connectivity index (χ1n) is 7.76. The normalized spacial score (nSPS) is 18.0. The second-order valence-electron chi connectivity index (χ2n) is 6.21. The first kappa shape index (κ1) is 13.8. The van der Waals surface area contributed by atoms with Crippen LogP contribution in [0.15, 0.2) is 48.5 Å². The Kier molecular flexibility index (Phi) is 3.38. The SMILES string of the molecule is O=[SH](=O)CC1CCc2c(ccc3c2ccc2ccccc23)C1. The lowest BCUT2D eigenvalue weighted by molar-refractivity contribution is 0.498. The van der Waals surface area contributed by atoms with E-state index in [2.05, 4.69) is 48.5 Å². The van der Waals surface area contributed by atoms with Crippen LogP contribution in [0.25, 0.3) is 21.5 Å². The van der Waals surface area contributed by atoms with Gasteiger partial charge in [0.15, 0.2) is 0 Å². The maximum absolute atomic E-state index is 11.0. The van der Waals surface area contributed by atoms with Crippen LogP contribution in [0.3, 0.4) is 0 Å². The molecule has 0 radical (unpaired) electrons. The smallest absolute Gasteiger partial charge is 0.140 e. The molecule has 2 nitrogen and oxygen atoms in total. The molecule has 3 aromatic carbocycles. The first-order chi connectivity index (χ1) is 10.7. The van der Waals surface area contributed by atoms with Gasteiger partial charge in [-0.05, 0) is 57.9 Å². The third-order valence-corrected chi connectivity index (χ3v) is 5.67. The summed E-state index contributed by atoms with van der Waals surface area (Å²) in [6.07, 6.45) is 2.85. The Balaban J connectivity index is 1.86. The Labute approximate surface area is 131 Å². The lowest BCUT2D eigenvalue weighted by atomic mass is 9.82. The Bertz CT molecular complexity index is 933. The van der Waals surface area contributed by atoms with E-state index in [1.54, 1.807) is 0 Å². The van der Waals surface area contributed by atoms with Gasteiger partial charge in [0.2, 0.25) is 0 Å². The van der Waals surface area contributed by atoms with Gasteiger partial charge in [-0.25, -0.2) is 8.42 Å². The molecule has 0 saturated carbocycles. The highest BCUT2D eigenvalue weighted by molar-refractivity contribution is 7.72. The highest BCUT2D eigenvalue weighted by Gasteiger charge is 2.21. The zero-order valence-electron chi connectivity index (χ0n) is 12.3. The minimum Gasteiger partial charge on any atom is -0.232 e. The topological polar surface area (TPSA) is 34.1 Å². The number of aryl methyl sites for hydroxylation is 1. The van der Waals surface area contributed by atoms with E-state index in [9.17, 15) is 8.42 Å². The molecule has 0 aliphatic heterocycles. The van der Waals surface area contributed by atoms with E-state index in [1.165, 1.54) is 32.7 Å². The largest absolute Gasteiger partial charge is 0.232 e. The summed E-state index contributed by atoms with van der Waals surface area (Å²) in [6.45, 7) is 0. The second kappa shape index (κ2) is 5.40. The van der Waals surface area contributed by atoms with E-state index in [0.717, 1.165) is 19.3 Å². The number of hydrogen-bond donors (Lipinski definition) is 1. The van der Waals surface area contributed by atoms with Crippen LogP contribution in [0.2, 0.25) is 0 Å². The Hall–Kier alpha value is -1.87. The van der Waals surface area contributed by atoms with E-state index in [1.807, 2.05) is 0 Å². The van der Waals surface area contributed by atoms with Crippen molar-refractivity contribution in [1.82, 2.24) is 0 Å². The summed E-state index contributed by atoms with van der Waals surface area (Å²) in [5.41, 5.74) is 2.75.